The van der Waals surface area contributed by atoms with Gasteiger partial charge in [-0.25, -0.2) is 0 Å². The molecule has 6 heteroatoms. The van der Waals surface area contributed by atoms with Crippen LogP contribution in [0.25, 0.3) is 11.8 Å². The first-order chi connectivity index (χ1) is 13.8. The number of aryl methyl sites for hydroxylation is 2. The van der Waals surface area contributed by atoms with Crippen LogP contribution in [0.1, 0.15) is 22.5 Å². The fraction of sp³-hybridized carbons (Fsp3) is 0.130. The zero-order valence-electron chi connectivity index (χ0n) is 16.3. The molecule has 1 heterocycles. The summed E-state index contributed by atoms with van der Waals surface area (Å²) in [4.78, 5) is 12.6. The molecule has 0 aliphatic heterocycles. The Morgan fingerprint density at radius 3 is 2.48 bits per heavy atom. The average molecular weight is 469 g/mol. The molecule has 0 atom stereocenters. The second-order valence-electron chi connectivity index (χ2n) is 6.72. The van der Waals surface area contributed by atoms with Gasteiger partial charge in [0, 0.05) is 32.3 Å². The Morgan fingerprint density at radius 1 is 1.14 bits per heavy atom. The molecule has 0 aliphatic carbocycles. The molecule has 2 aromatic carbocycles. The molecule has 1 aromatic heterocycles. The molecule has 0 unspecified atom stereocenters. The van der Waals surface area contributed by atoms with E-state index in [0.29, 0.717) is 10.7 Å². The molecule has 0 aliphatic rings. The lowest BCUT2D eigenvalue weighted by Crippen LogP contribution is -2.13. The lowest BCUT2D eigenvalue weighted by Gasteiger charge is -2.13. The van der Waals surface area contributed by atoms with Gasteiger partial charge in [0.2, 0.25) is 0 Å². The Bertz CT molecular complexity index is 1150. The number of halogens is 2. The second kappa shape index (κ2) is 8.69. The number of rotatable bonds is 4. The van der Waals surface area contributed by atoms with Crippen molar-refractivity contribution in [2.45, 2.75) is 20.8 Å². The minimum Gasteiger partial charge on any atom is -0.321 e. The van der Waals surface area contributed by atoms with E-state index in [1.807, 2.05) is 63.2 Å². The number of benzene rings is 2. The van der Waals surface area contributed by atoms with Crippen molar-refractivity contribution in [3.63, 3.8) is 0 Å². The number of hydrogen-bond acceptors (Lipinski definition) is 2. The summed E-state index contributed by atoms with van der Waals surface area (Å²) < 4.78 is 2.99. The summed E-state index contributed by atoms with van der Waals surface area (Å²) in [5, 5.41) is 12.9. The van der Waals surface area contributed by atoms with Crippen LogP contribution in [-0.2, 0) is 4.79 Å². The van der Waals surface area contributed by atoms with E-state index in [-0.39, 0.29) is 5.57 Å². The minimum atomic E-state index is -0.446. The van der Waals surface area contributed by atoms with E-state index in [0.717, 1.165) is 32.7 Å². The highest BCUT2D eigenvalue weighted by Gasteiger charge is 2.15. The molecule has 0 saturated heterocycles. The summed E-state index contributed by atoms with van der Waals surface area (Å²) in [6.45, 7) is 5.96. The van der Waals surface area contributed by atoms with Gasteiger partial charge in [-0.15, -0.1) is 0 Å². The van der Waals surface area contributed by atoms with E-state index in [4.69, 9.17) is 11.6 Å². The first-order valence-electron chi connectivity index (χ1n) is 8.94. The maximum absolute atomic E-state index is 12.6. The lowest BCUT2D eigenvalue weighted by atomic mass is 10.1. The van der Waals surface area contributed by atoms with E-state index >= 15 is 0 Å². The first-order valence-corrected chi connectivity index (χ1v) is 10.1. The molecule has 3 rings (SSSR count). The fourth-order valence-corrected chi connectivity index (χ4v) is 3.59. The fourth-order valence-electron chi connectivity index (χ4n) is 3.16. The Balaban J connectivity index is 1.96. The van der Waals surface area contributed by atoms with Crippen LogP contribution in [0.15, 0.2) is 58.6 Å². The molecule has 0 bridgehead atoms. The van der Waals surface area contributed by atoms with Gasteiger partial charge in [0.05, 0.1) is 0 Å². The first kappa shape index (κ1) is 20.9. The Labute approximate surface area is 183 Å². The van der Waals surface area contributed by atoms with Crippen molar-refractivity contribution in [3.8, 4) is 11.8 Å². The van der Waals surface area contributed by atoms with E-state index in [2.05, 4.69) is 25.8 Å². The van der Waals surface area contributed by atoms with Crippen molar-refractivity contribution in [1.82, 2.24) is 4.57 Å². The molecule has 29 heavy (non-hydrogen) atoms. The Kier molecular flexibility index (Phi) is 6.26. The van der Waals surface area contributed by atoms with E-state index in [1.165, 1.54) is 0 Å². The van der Waals surface area contributed by atoms with E-state index in [1.54, 1.807) is 18.2 Å². The van der Waals surface area contributed by atoms with Gasteiger partial charge in [0.15, 0.2) is 0 Å². The smallest absolute Gasteiger partial charge is 0.266 e. The predicted molar refractivity (Wildman–Crippen MR) is 121 cm³/mol. The highest BCUT2D eigenvalue weighted by molar-refractivity contribution is 9.10. The predicted octanol–water partition coefficient (Wildman–Crippen LogP) is 6.36. The zero-order chi connectivity index (χ0) is 21.1. The summed E-state index contributed by atoms with van der Waals surface area (Å²) in [6.07, 6.45) is 1.62. The highest BCUT2D eigenvalue weighted by atomic mass is 79.9. The normalized spacial score (nSPS) is 11.2. The van der Waals surface area contributed by atoms with Crippen molar-refractivity contribution < 1.29 is 4.79 Å². The quantitative estimate of drug-likeness (QED) is 0.357. The number of nitrogens with one attached hydrogen (secondary N) is 1. The van der Waals surface area contributed by atoms with Crippen molar-refractivity contribution in [2.75, 3.05) is 5.32 Å². The van der Waals surface area contributed by atoms with Gasteiger partial charge in [0.25, 0.3) is 5.91 Å². The number of nitrogens with zero attached hydrogens (tertiary/aromatic N) is 2. The molecule has 0 spiro atoms. The summed E-state index contributed by atoms with van der Waals surface area (Å²) >= 11 is 9.55. The summed E-state index contributed by atoms with van der Waals surface area (Å²) in [7, 11) is 0. The molecule has 0 fully saturated rings. The second-order valence-corrected chi connectivity index (χ2v) is 8.08. The van der Waals surface area contributed by atoms with Crippen LogP contribution in [0.5, 0.6) is 0 Å². The van der Waals surface area contributed by atoms with Gasteiger partial charge in [0.1, 0.15) is 11.6 Å². The number of hydrogen-bond donors (Lipinski definition) is 1. The number of amides is 1. The standard InChI is InChI=1S/C23H19BrClN3O/c1-14-4-7-20(25)12-22(14)28-15(2)10-17(16(28)3)11-18(13-26)23(29)27-21-8-5-19(24)6-9-21/h4-12H,1-3H3,(H,27,29)/b18-11-. The number of carbonyl (C=O) groups is 1. The van der Waals surface area contributed by atoms with E-state index in [9.17, 15) is 10.1 Å². The third kappa shape index (κ3) is 4.61. The van der Waals surface area contributed by atoms with Crippen molar-refractivity contribution in [1.29, 1.82) is 5.26 Å². The van der Waals surface area contributed by atoms with Crippen LogP contribution < -0.4 is 5.32 Å². The molecular formula is C23H19BrClN3O. The van der Waals surface area contributed by atoms with Crippen LogP contribution in [-0.4, -0.2) is 10.5 Å². The zero-order valence-corrected chi connectivity index (χ0v) is 18.6. The van der Waals surface area contributed by atoms with Gasteiger partial charge in [-0.1, -0.05) is 33.6 Å². The van der Waals surface area contributed by atoms with E-state index < -0.39 is 5.91 Å². The molecule has 0 radical (unpaired) electrons. The maximum Gasteiger partial charge on any atom is 0.266 e. The molecule has 1 N–H and O–H groups in total. The number of nitriles is 1. The number of carbonyl (C=O) groups excluding carboxylic acids is 1. The van der Waals surface area contributed by atoms with Crippen molar-refractivity contribution in [3.05, 3.63) is 86.1 Å². The maximum atomic E-state index is 12.6. The van der Waals surface area contributed by atoms with Crippen LogP contribution in [0.3, 0.4) is 0 Å². The third-order valence-electron chi connectivity index (χ3n) is 4.65. The van der Waals surface area contributed by atoms with Crippen LogP contribution in [0.2, 0.25) is 5.02 Å². The topological polar surface area (TPSA) is 57.8 Å². The van der Waals surface area contributed by atoms with Gasteiger partial charge in [-0.3, -0.25) is 4.79 Å². The van der Waals surface area contributed by atoms with Gasteiger partial charge in [-0.2, -0.15) is 5.26 Å². The van der Waals surface area contributed by atoms with Gasteiger partial charge < -0.3 is 9.88 Å². The minimum absolute atomic E-state index is 0.0379. The molecule has 146 valence electrons. The van der Waals surface area contributed by atoms with Gasteiger partial charge in [-0.05, 0) is 80.4 Å². The largest absolute Gasteiger partial charge is 0.321 e. The van der Waals surface area contributed by atoms with Crippen molar-refractivity contribution in [2.24, 2.45) is 0 Å². The number of anilines is 1. The number of aromatic nitrogens is 1. The third-order valence-corrected chi connectivity index (χ3v) is 5.41. The monoisotopic (exact) mass is 467 g/mol. The summed E-state index contributed by atoms with van der Waals surface area (Å²) in [6, 6.07) is 16.9. The molecule has 1 amide bonds. The molecule has 0 saturated carbocycles. The lowest BCUT2D eigenvalue weighted by molar-refractivity contribution is -0.112. The van der Waals surface area contributed by atoms with Crippen LogP contribution in [0.4, 0.5) is 5.69 Å². The van der Waals surface area contributed by atoms with Crippen LogP contribution >= 0.6 is 27.5 Å². The Hall–Kier alpha value is -2.81. The average Bonchev–Trinajstić information content (AvgIpc) is 2.96. The van der Waals surface area contributed by atoms with Gasteiger partial charge >= 0.3 is 0 Å². The van der Waals surface area contributed by atoms with Crippen LogP contribution in [0, 0.1) is 32.1 Å². The highest BCUT2D eigenvalue weighted by Crippen LogP contribution is 2.27. The summed E-state index contributed by atoms with van der Waals surface area (Å²) in [5.41, 5.74) is 5.45. The molecule has 3 aromatic rings. The molecular weight excluding hydrogens is 450 g/mol. The van der Waals surface area contributed by atoms with Crippen molar-refractivity contribution >= 4 is 45.2 Å². The molecule has 4 nitrogen and oxygen atoms in total. The summed E-state index contributed by atoms with van der Waals surface area (Å²) in [5.74, 6) is -0.446. The SMILES string of the molecule is Cc1ccc(Cl)cc1-n1c(C)cc(/C=C(/C#N)C(=O)Nc2ccc(Br)cc2)c1C. The Morgan fingerprint density at radius 2 is 1.83 bits per heavy atom.